The zero-order valence-electron chi connectivity index (χ0n) is 6.30. The summed E-state index contributed by atoms with van der Waals surface area (Å²) < 4.78 is 31.4. The molecule has 0 saturated carbocycles. The lowest BCUT2D eigenvalue weighted by Gasteiger charge is -2.03. The van der Waals surface area contributed by atoms with E-state index < -0.39 is 15.5 Å². The summed E-state index contributed by atoms with van der Waals surface area (Å²) in [7, 11) is -2.76. The van der Waals surface area contributed by atoms with Crippen molar-refractivity contribution in [3.63, 3.8) is 0 Å². The number of hydrogen-bond donors (Lipinski definition) is 1. The summed E-state index contributed by atoms with van der Waals surface area (Å²) in [5, 5.41) is 0. The SMILES string of the molecule is CS(=N)(=O)c1ccc(F)cc1Br. The van der Waals surface area contributed by atoms with Crippen LogP contribution in [0.4, 0.5) is 4.39 Å². The standard InChI is InChI=1S/C7H7BrFNOS/c1-12(10,11)7-3-2-5(9)4-6(7)8/h2-4,10H,1H3. The largest absolute Gasteiger partial charge is 0.249 e. The van der Waals surface area contributed by atoms with Crippen LogP contribution in [-0.2, 0) is 9.73 Å². The van der Waals surface area contributed by atoms with Crippen molar-refractivity contribution in [2.75, 3.05) is 6.26 Å². The fourth-order valence-electron chi connectivity index (χ4n) is 0.791. The van der Waals surface area contributed by atoms with Crippen molar-refractivity contribution in [2.24, 2.45) is 0 Å². The van der Waals surface area contributed by atoms with E-state index in [1.54, 1.807) is 0 Å². The Bertz CT molecular complexity index is 402. The van der Waals surface area contributed by atoms with Gasteiger partial charge in [0.05, 0.1) is 14.6 Å². The molecule has 12 heavy (non-hydrogen) atoms. The quantitative estimate of drug-likeness (QED) is 0.820. The molecule has 66 valence electrons. The second-order valence-corrected chi connectivity index (χ2v) is 5.40. The first-order valence-corrected chi connectivity index (χ1v) is 5.86. The van der Waals surface area contributed by atoms with Crippen LogP contribution in [0.3, 0.4) is 0 Å². The monoisotopic (exact) mass is 251 g/mol. The maximum atomic E-state index is 12.6. The van der Waals surface area contributed by atoms with Crippen LogP contribution in [0.1, 0.15) is 0 Å². The van der Waals surface area contributed by atoms with E-state index in [0.717, 1.165) is 0 Å². The Hall–Kier alpha value is -0.420. The summed E-state index contributed by atoms with van der Waals surface area (Å²) in [6.45, 7) is 0. The van der Waals surface area contributed by atoms with Gasteiger partial charge in [-0.3, -0.25) is 0 Å². The Kier molecular flexibility index (Phi) is 2.53. The summed E-state index contributed by atoms with van der Waals surface area (Å²) in [5.74, 6) is -0.408. The number of nitrogens with one attached hydrogen (secondary N) is 1. The van der Waals surface area contributed by atoms with Gasteiger partial charge in [-0.05, 0) is 34.1 Å². The predicted octanol–water partition coefficient (Wildman–Crippen LogP) is 2.62. The number of hydrogen-bond acceptors (Lipinski definition) is 2. The van der Waals surface area contributed by atoms with E-state index in [1.165, 1.54) is 24.5 Å². The molecule has 1 atom stereocenters. The van der Waals surface area contributed by atoms with Crippen molar-refractivity contribution in [1.29, 1.82) is 4.78 Å². The van der Waals surface area contributed by atoms with Gasteiger partial charge in [-0.15, -0.1) is 0 Å². The fourth-order valence-corrected chi connectivity index (χ4v) is 2.83. The van der Waals surface area contributed by atoms with Gasteiger partial charge in [0.2, 0.25) is 0 Å². The van der Waals surface area contributed by atoms with Crippen LogP contribution in [0, 0.1) is 10.6 Å². The summed E-state index contributed by atoms with van der Waals surface area (Å²) >= 11 is 3.04. The van der Waals surface area contributed by atoms with E-state index >= 15 is 0 Å². The second-order valence-electron chi connectivity index (χ2n) is 2.42. The van der Waals surface area contributed by atoms with Gasteiger partial charge in [0.15, 0.2) is 0 Å². The van der Waals surface area contributed by atoms with Crippen LogP contribution < -0.4 is 0 Å². The molecule has 1 aromatic carbocycles. The third-order valence-electron chi connectivity index (χ3n) is 1.31. The average molecular weight is 252 g/mol. The molecule has 2 nitrogen and oxygen atoms in total. The highest BCUT2D eigenvalue weighted by molar-refractivity contribution is 9.10. The number of benzene rings is 1. The van der Waals surface area contributed by atoms with E-state index in [4.69, 9.17) is 4.78 Å². The predicted molar refractivity (Wildman–Crippen MR) is 49.2 cm³/mol. The summed E-state index contributed by atoms with van der Waals surface area (Å²) in [5.41, 5.74) is 0. The third-order valence-corrected chi connectivity index (χ3v) is 3.43. The van der Waals surface area contributed by atoms with Crippen molar-refractivity contribution >= 4 is 25.7 Å². The lowest BCUT2D eigenvalue weighted by atomic mass is 10.3. The molecule has 0 radical (unpaired) electrons. The Labute approximate surface area is 78.9 Å². The van der Waals surface area contributed by atoms with E-state index in [-0.39, 0.29) is 0 Å². The zero-order valence-corrected chi connectivity index (χ0v) is 8.71. The number of rotatable bonds is 1. The van der Waals surface area contributed by atoms with E-state index in [2.05, 4.69) is 15.9 Å². The molecule has 0 fully saturated rings. The lowest BCUT2D eigenvalue weighted by molar-refractivity contribution is 0.625. The molecule has 1 unspecified atom stereocenters. The molecule has 0 amide bonds. The normalized spacial score (nSPS) is 15.6. The Morgan fingerprint density at radius 3 is 2.58 bits per heavy atom. The molecule has 0 heterocycles. The van der Waals surface area contributed by atoms with Crippen LogP contribution in [0.5, 0.6) is 0 Å². The summed E-state index contributed by atoms with van der Waals surface area (Å²) in [6, 6.07) is 3.75. The van der Waals surface area contributed by atoms with Crippen molar-refractivity contribution in [3.05, 3.63) is 28.5 Å². The molecule has 0 aliphatic rings. The molecule has 0 aliphatic carbocycles. The van der Waals surface area contributed by atoms with Gasteiger partial charge >= 0.3 is 0 Å². The highest BCUT2D eigenvalue weighted by Crippen LogP contribution is 2.22. The van der Waals surface area contributed by atoms with Gasteiger partial charge in [0.25, 0.3) is 0 Å². The van der Waals surface area contributed by atoms with Crippen LogP contribution in [-0.4, -0.2) is 10.5 Å². The molecule has 1 rings (SSSR count). The van der Waals surface area contributed by atoms with Crippen LogP contribution in [0.2, 0.25) is 0 Å². The van der Waals surface area contributed by atoms with Crippen molar-refractivity contribution in [1.82, 2.24) is 0 Å². The topological polar surface area (TPSA) is 40.9 Å². The fraction of sp³-hybridized carbons (Fsp3) is 0.143. The van der Waals surface area contributed by atoms with Gasteiger partial charge in [-0.2, -0.15) is 0 Å². The first-order valence-electron chi connectivity index (χ1n) is 3.10. The summed E-state index contributed by atoms with van der Waals surface area (Å²) in [4.78, 5) is 0.323. The molecule has 0 aliphatic heterocycles. The molecule has 5 heteroatoms. The molecule has 0 bridgehead atoms. The maximum Gasteiger partial charge on any atom is 0.124 e. The average Bonchev–Trinajstić information content (AvgIpc) is 1.83. The molecule has 1 N–H and O–H groups in total. The zero-order chi connectivity index (χ0) is 9.35. The van der Waals surface area contributed by atoms with Gasteiger partial charge in [0.1, 0.15) is 5.82 Å². The van der Waals surface area contributed by atoms with Crippen molar-refractivity contribution in [2.45, 2.75) is 4.90 Å². The molecular formula is C7H7BrFNOS. The maximum absolute atomic E-state index is 12.6. The minimum atomic E-state index is -2.76. The van der Waals surface area contributed by atoms with Crippen LogP contribution in [0.15, 0.2) is 27.6 Å². The van der Waals surface area contributed by atoms with Crippen molar-refractivity contribution < 1.29 is 8.60 Å². The van der Waals surface area contributed by atoms with Gasteiger partial charge in [-0.25, -0.2) is 13.4 Å². The highest BCUT2D eigenvalue weighted by Gasteiger charge is 2.08. The highest BCUT2D eigenvalue weighted by atomic mass is 79.9. The Morgan fingerprint density at radius 2 is 2.17 bits per heavy atom. The van der Waals surface area contributed by atoms with Gasteiger partial charge in [0, 0.05) is 10.7 Å². The minimum Gasteiger partial charge on any atom is -0.249 e. The first-order chi connectivity index (χ1) is 5.41. The van der Waals surface area contributed by atoms with Gasteiger partial charge in [-0.1, -0.05) is 0 Å². The van der Waals surface area contributed by atoms with Crippen LogP contribution in [0.25, 0.3) is 0 Å². The second kappa shape index (κ2) is 3.14. The number of halogens is 2. The molecular weight excluding hydrogens is 245 g/mol. The van der Waals surface area contributed by atoms with Crippen LogP contribution >= 0.6 is 15.9 Å². The third kappa shape index (κ3) is 2.04. The Morgan fingerprint density at radius 1 is 1.58 bits per heavy atom. The minimum absolute atomic E-state index is 0.323. The molecule has 0 spiro atoms. The van der Waals surface area contributed by atoms with Gasteiger partial charge < -0.3 is 0 Å². The van der Waals surface area contributed by atoms with E-state index in [1.807, 2.05) is 0 Å². The Balaban J connectivity index is 3.39. The summed E-state index contributed by atoms with van der Waals surface area (Å²) in [6.07, 6.45) is 1.30. The van der Waals surface area contributed by atoms with Crippen molar-refractivity contribution in [3.8, 4) is 0 Å². The molecule has 0 aromatic heterocycles. The molecule has 0 saturated heterocycles. The van der Waals surface area contributed by atoms with E-state index in [0.29, 0.717) is 9.37 Å². The smallest absolute Gasteiger partial charge is 0.124 e. The lowest BCUT2D eigenvalue weighted by Crippen LogP contribution is -1.96. The van der Waals surface area contributed by atoms with E-state index in [9.17, 15) is 8.60 Å². The molecule has 1 aromatic rings. The first kappa shape index (κ1) is 9.67.